The maximum atomic E-state index is 11.0. The van der Waals surface area contributed by atoms with Gasteiger partial charge < -0.3 is 11.1 Å². The summed E-state index contributed by atoms with van der Waals surface area (Å²) in [4.78, 5) is 14.6. The van der Waals surface area contributed by atoms with E-state index in [0.29, 0.717) is 12.4 Å². The predicted molar refractivity (Wildman–Crippen MR) is 78.7 cm³/mol. The van der Waals surface area contributed by atoms with E-state index in [1.54, 1.807) is 13.1 Å². The number of nitrogen functional groups attached to an aromatic ring is 1. The predicted octanol–water partition coefficient (Wildman–Crippen LogP) is 2.54. The third-order valence-electron chi connectivity index (χ3n) is 2.89. The molecule has 2 aromatic rings. The van der Waals surface area contributed by atoms with Crippen molar-refractivity contribution in [2.45, 2.75) is 13.3 Å². The monoisotopic (exact) mass is 272 g/mol. The van der Waals surface area contributed by atoms with Crippen LogP contribution in [0.1, 0.15) is 11.1 Å². The van der Waals surface area contributed by atoms with Crippen LogP contribution in [0.25, 0.3) is 0 Å². The molecule has 0 aliphatic heterocycles. The summed E-state index contributed by atoms with van der Waals surface area (Å²) in [6.07, 6.45) is 2.35. The minimum absolute atomic E-state index is 0.00214. The van der Waals surface area contributed by atoms with Gasteiger partial charge in [-0.1, -0.05) is 12.1 Å². The van der Waals surface area contributed by atoms with Gasteiger partial charge in [0.25, 0.3) is 0 Å². The Morgan fingerprint density at radius 2 is 2.05 bits per heavy atom. The summed E-state index contributed by atoms with van der Waals surface area (Å²) in [6.45, 7) is 2.35. The lowest BCUT2D eigenvalue weighted by Gasteiger charge is -2.07. The van der Waals surface area contributed by atoms with Crippen molar-refractivity contribution in [2.75, 3.05) is 17.6 Å². The number of aromatic nitrogens is 1. The fourth-order valence-corrected chi connectivity index (χ4v) is 1.84. The Balaban J connectivity index is 2.00. The summed E-state index contributed by atoms with van der Waals surface area (Å²) < 4.78 is 0. The molecular weight excluding hydrogens is 256 g/mol. The summed E-state index contributed by atoms with van der Waals surface area (Å²) in [5.74, 6) is 0.302. The Hall–Kier alpha value is -2.63. The van der Waals surface area contributed by atoms with Gasteiger partial charge in [-0.2, -0.15) is 0 Å². The van der Waals surface area contributed by atoms with E-state index in [4.69, 9.17) is 5.73 Å². The number of hydrogen-bond donors (Lipinski definition) is 2. The van der Waals surface area contributed by atoms with Gasteiger partial charge in [0.1, 0.15) is 0 Å². The average Bonchev–Trinajstić information content (AvgIpc) is 2.42. The Morgan fingerprint density at radius 1 is 1.35 bits per heavy atom. The summed E-state index contributed by atoms with van der Waals surface area (Å²) in [5.41, 5.74) is 8.21. The molecule has 0 amide bonds. The number of pyridine rings is 1. The van der Waals surface area contributed by atoms with E-state index in [1.807, 2.05) is 24.3 Å². The molecule has 0 unspecified atom stereocenters. The maximum Gasteiger partial charge on any atom is 0.311 e. The SMILES string of the molecule is Cc1cnc(NCCc2ccc(N)cc2)c([N+](=O)[O-])c1. The molecule has 104 valence electrons. The van der Waals surface area contributed by atoms with Crippen molar-refractivity contribution < 1.29 is 4.92 Å². The number of nitrogens with zero attached hydrogens (tertiary/aromatic N) is 2. The second kappa shape index (κ2) is 6.01. The zero-order valence-corrected chi connectivity index (χ0v) is 11.2. The van der Waals surface area contributed by atoms with Crippen LogP contribution < -0.4 is 11.1 Å². The fraction of sp³-hybridized carbons (Fsp3) is 0.214. The van der Waals surface area contributed by atoms with Gasteiger partial charge in [0.05, 0.1) is 4.92 Å². The number of anilines is 2. The van der Waals surface area contributed by atoms with E-state index < -0.39 is 4.92 Å². The largest absolute Gasteiger partial charge is 0.399 e. The Morgan fingerprint density at radius 3 is 2.70 bits per heavy atom. The molecule has 0 fully saturated rings. The van der Waals surface area contributed by atoms with E-state index in [-0.39, 0.29) is 5.69 Å². The number of rotatable bonds is 5. The van der Waals surface area contributed by atoms with Crippen LogP contribution in [-0.4, -0.2) is 16.5 Å². The normalized spacial score (nSPS) is 10.2. The summed E-state index contributed by atoms with van der Waals surface area (Å²) in [5, 5.41) is 14.0. The molecule has 0 bridgehead atoms. The molecule has 2 rings (SSSR count). The molecule has 1 aromatic heterocycles. The molecular formula is C14H16N4O2. The first kappa shape index (κ1) is 13.8. The standard InChI is InChI=1S/C14H16N4O2/c1-10-8-13(18(19)20)14(17-9-10)16-7-6-11-2-4-12(15)5-3-11/h2-5,8-9H,6-7,15H2,1H3,(H,16,17). The molecule has 0 saturated carbocycles. The third kappa shape index (κ3) is 3.44. The van der Waals surface area contributed by atoms with Gasteiger partial charge in [0.15, 0.2) is 0 Å². The van der Waals surface area contributed by atoms with E-state index in [9.17, 15) is 10.1 Å². The van der Waals surface area contributed by atoms with E-state index >= 15 is 0 Å². The molecule has 0 aliphatic rings. The topological polar surface area (TPSA) is 94.1 Å². The molecule has 1 aromatic carbocycles. The number of nitrogens with one attached hydrogen (secondary N) is 1. The molecule has 20 heavy (non-hydrogen) atoms. The van der Waals surface area contributed by atoms with E-state index in [1.165, 1.54) is 6.07 Å². The van der Waals surface area contributed by atoms with Crippen molar-refractivity contribution in [1.82, 2.24) is 4.98 Å². The minimum atomic E-state index is -0.425. The van der Waals surface area contributed by atoms with Crippen LogP contribution in [0.15, 0.2) is 36.5 Å². The molecule has 0 radical (unpaired) electrons. The van der Waals surface area contributed by atoms with Crippen molar-refractivity contribution in [1.29, 1.82) is 0 Å². The number of hydrogen-bond acceptors (Lipinski definition) is 5. The molecule has 6 heteroatoms. The lowest BCUT2D eigenvalue weighted by molar-refractivity contribution is -0.384. The van der Waals surface area contributed by atoms with Gasteiger partial charge in [-0.25, -0.2) is 4.98 Å². The molecule has 0 saturated heterocycles. The van der Waals surface area contributed by atoms with Crippen LogP contribution in [0.5, 0.6) is 0 Å². The smallest absolute Gasteiger partial charge is 0.311 e. The van der Waals surface area contributed by atoms with Gasteiger partial charge in [0.2, 0.25) is 5.82 Å². The molecule has 6 nitrogen and oxygen atoms in total. The van der Waals surface area contributed by atoms with Crippen LogP contribution in [-0.2, 0) is 6.42 Å². The summed E-state index contributed by atoms with van der Waals surface area (Å²) >= 11 is 0. The highest BCUT2D eigenvalue weighted by atomic mass is 16.6. The number of aryl methyl sites for hydroxylation is 1. The zero-order chi connectivity index (χ0) is 14.5. The van der Waals surface area contributed by atoms with Crippen LogP contribution in [0.4, 0.5) is 17.2 Å². The van der Waals surface area contributed by atoms with Crippen molar-refractivity contribution in [2.24, 2.45) is 0 Å². The molecule has 3 N–H and O–H groups in total. The van der Waals surface area contributed by atoms with Gasteiger partial charge in [-0.3, -0.25) is 10.1 Å². The van der Waals surface area contributed by atoms with E-state index in [0.717, 1.165) is 23.2 Å². The maximum absolute atomic E-state index is 11.0. The average molecular weight is 272 g/mol. The van der Waals surface area contributed by atoms with Crippen molar-refractivity contribution in [3.63, 3.8) is 0 Å². The number of benzene rings is 1. The zero-order valence-electron chi connectivity index (χ0n) is 11.2. The van der Waals surface area contributed by atoms with Crippen LogP contribution >= 0.6 is 0 Å². The first-order valence-electron chi connectivity index (χ1n) is 6.25. The molecule has 0 atom stereocenters. The van der Waals surface area contributed by atoms with Gasteiger partial charge in [-0.05, 0) is 36.6 Å². The van der Waals surface area contributed by atoms with Crippen LogP contribution in [0.3, 0.4) is 0 Å². The van der Waals surface area contributed by atoms with Crippen molar-refractivity contribution >= 4 is 17.2 Å². The van der Waals surface area contributed by atoms with Crippen LogP contribution in [0.2, 0.25) is 0 Å². The molecule has 1 heterocycles. The lowest BCUT2D eigenvalue weighted by Crippen LogP contribution is -2.08. The molecule has 0 aliphatic carbocycles. The Kier molecular flexibility index (Phi) is 4.14. The van der Waals surface area contributed by atoms with Crippen LogP contribution in [0, 0.1) is 17.0 Å². The van der Waals surface area contributed by atoms with Gasteiger partial charge >= 0.3 is 5.69 Å². The highest BCUT2D eigenvalue weighted by Gasteiger charge is 2.14. The Bertz CT molecular complexity index is 611. The second-order valence-electron chi connectivity index (χ2n) is 4.56. The number of nitrogens with two attached hydrogens (primary N) is 1. The quantitative estimate of drug-likeness (QED) is 0.495. The van der Waals surface area contributed by atoms with Crippen molar-refractivity contribution in [3.8, 4) is 0 Å². The Labute approximate surface area is 116 Å². The lowest BCUT2D eigenvalue weighted by atomic mass is 10.1. The first-order valence-corrected chi connectivity index (χ1v) is 6.25. The second-order valence-corrected chi connectivity index (χ2v) is 4.56. The fourth-order valence-electron chi connectivity index (χ4n) is 1.84. The number of nitro groups is 1. The van der Waals surface area contributed by atoms with E-state index in [2.05, 4.69) is 10.3 Å². The van der Waals surface area contributed by atoms with Gasteiger partial charge in [0, 0.05) is 24.5 Å². The highest BCUT2D eigenvalue weighted by Crippen LogP contribution is 2.22. The summed E-state index contributed by atoms with van der Waals surface area (Å²) in [7, 11) is 0. The highest BCUT2D eigenvalue weighted by molar-refractivity contribution is 5.56. The minimum Gasteiger partial charge on any atom is -0.399 e. The first-order chi connectivity index (χ1) is 9.56. The molecule has 0 spiro atoms. The van der Waals surface area contributed by atoms with Crippen molar-refractivity contribution in [3.05, 3.63) is 57.8 Å². The van der Waals surface area contributed by atoms with Gasteiger partial charge in [-0.15, -0.1) is 0 Å². The third-order valence-corrected chi connectivity index (χ3v) is 2.89. The summed E-state index contributed by atoms with van der Waals surface area (Å²) in [6, 6.07) is 9.06.